The van der Waals surface area contributed by atoms with Crippen LogP contribution in [0.1, 0.15) is 33.7 Å². The third-order valence-corrected chi connectivity index (χ3v) is 5.53. The summed E-state index contributed by atoms with van der Waals surface area (Å²) < 4.78 is 31.8. The van der Waals surface area contributed by atoms with E-state index < -0.39 is 5.92 Å². The third-order valence-electron chi connectivity index (χ3n) is 5.53. The van der Waals surface area contributed by atoms with E-state index >= 15 is 4.39 Å². The Hall–Kier alpha value is -4.18. The second-order valence-electron chi connectivity index (χ2n) is 7.50. The highest BCUT2D eigenvalue weighted by atomic mass is 19.1. The highest BCUT2D eigenvalue weighted by Gasteiger charge is 2.27. The van der Waals surface area contributed by atoms with Gasteiger partial charge in [-0.1, -0.05) is 18.2 Å². The zero-order chi connectivity index (χ0) is 23.5. The van der Waals surface area contributed by atoms with Crippen LogP contribution in [0.25, 0.3) is 10.9 Å². The molecule has 0 amide bonds. The molecule has 4 rings (SSSR count). The number of rotatable bonds is 6. The summed E-state index contributed by atoms with van der Waals surface area (Å²) >= 11 is 0. The van der Waals surface area contributed by atoms with Crippen molar-refractivity contribution in [3.63, 3.8) is 0 Å². The van der Waals surface area contributed by atoms with Gasteiger partial charge >= 0.3 is 0 Å². The second-order valence-corrected chi connectivity index (χ2v) is 7.50. The van der Waals surface area contributed by atoms with E-state index in [1.807, 2.05) is 12.1 Å². The molecular weight excluding hydrogens is 421 g/mol. The number of nitriles is 1. The lowest BCUT2D eigenvalue weighted by molar-refractivity contribution is 0.363. The average Bonchev–Trinajstić information content (AvgIpc) is 2.85. The minimum Gasteiger partial charge on any atom is -0.481 e. The van der Waals surface area contributed by atoms with Crippen molar-refractivity contribution in [2.75, 3.05) is 21.3 Å². The molecule has 0 aliphatic rings. The first-order valence-corrected chi connectivity index (χ1v) is 10.2. The van der Waals surface area contributed by atoms with Gasteiger partial charge in [-0.2, -0.15) is 10.2 Å². The lowest BCUT2D eigenvalue weighted by atomic mass is 9.84. The van der Waals surface area contributed by atoms with Crippen LogP contribution in [0.5, 0.6) is 17.6 Å². The molecule has 0 N–H and O–H groups in total. The van der Waals surface area contributed by atoms with Crippen molar-refractivity contribution in [2.45, 2.75) is 12.8 Å². The molecule has 0 aliphatic carbocycles. The zero-order valence-electron chi connectivity index (χ0n) is 18.7. The Morgan fingerprint density at radius 3 is 2.24 bits per heavy atom. The summed E-state index contributed by atoms with van der Waals surface area (Å²) in [5, 5.41) is 10.1. The molecule has 0 saturated heterocycles. The highest BCUT2D eigenvalue weighted by molar-refractivity contribution is 5.82. The number of hydrogen-bond acceptors (Lipinski definition) is 6. The standard InChI is InChI=1S/C26H22FN3O3/c1-15-6-5-7-19(25(15)27)24(18-12-22(31-2)30-23(13-18)32-3)20-11-17-10-16(14-28)8-9-21(17)29-26(20)33-4/h5-13,24H,1-4H3. The van der Waals surface area contributed by atoms with Crippen LogP contribution in [0.2, 0.25) is 0 Å². The van der Waals surface area contributed by atoms with E-state index in [4.69, 9.17) is 14.2 Å². The molecule has 0 fully saturated rings. The number of ether oxygens (including phenoxy) is 3. The Morgan fingerprint density at radius 1 is 0.879 bits per heavy atom. The topological polar surface area (TPSA) is 77.3 Å². The van der Waals surface area contributed by atoms with Crippen LogP contribution in [0.4, 0.5) is 4.39 Å². The summed E-state index contributed by atoms with van der Waals surface area (Å²) in [5.41, 5.74) is 3.47. The van der Waals surface area contributed by atoms with Gasteiger partial charge in [0.1, 0.15) is 5.82 Å². The van der Waals surface area contributed by atoms with Crippen LogP contribution in [0, 0.1) is 24.1 Å². The minimum atomic E-state index is -0.603. The van der Waals surface area contributed by atoms with Crippen molar-refractivity contribution >= 4 is 10.9 Å². The number of nitrogens with zero attached hydrogens (tertiary/aromatic N) is 3. The molecule has 0 aliphatic heterocycles. The Bertz CT molecular complexity index is 1360. The van der Waals surface area contributed by atoms with Crippen LogP contribution in [-0.2, 0) is 0 Å². The van der Waals surface area contributed by atoms with Gasteiger partial charge in [0.2, 0.25) is 17.6 Å². The molecule has 33 heavy (non-hydrogen) atoms. The van der Waals surface area contributed by atoms with Crippen molar-refractivity contribution in [1.82, 2.24) is 9.97 Å². The monoisotopic (exact) mass is 443 g/mol. The molecule has 0 spiro atoms. The Kier molecular flexibility index (Phi) is 6.09. The van der Waals surface area contributed by atoms with Crippen LogP contribution >= 0.6 is 0 Å². The van der Waals surface area contributed by atoms with Crippen molar-refractivity contribution < 1.29 is 18.6 Å². The summed E-state index contributed by atoms with van der Waals surface area (Å²) in [6, 6.07) is 18.0. The third kappa shape index (κ3) is 4.15. The number of methoxy groups -OCH3 is 3. The van der Waals surface area contributed by atoms with Gasteiger partial charge in [-0.3, -0.25) is 0 Å². The molecule has 1 atom stereocenters. The van der Waals surface area contributed by atoms with Gasteiger partial charge in [0, 0.05) is 34.6 Å². The summed E-state index contributed by atoms with van der Waals surface area (Å²) in [7, 11) is 4.55. The van der Waals surface area contributed by atoms with Crippen LogP contribution in [-0.4, -0.2) is 31.3 Å². The van der Waals surface area contributed by atoms with E-state index in [1.165, 1.54) is 21.3 Å². The summed E-state index contributed by atoms with van der Waals surface area (Å²) in [6.07, 6.45) is 0. The molecule has 0 bridgehead atoms. The number of fused-ring (bicyclic) bond motifs is 1. The van der Waals surface area contributed by atoms with Gasteiger partial charge in [-0.25, -0.2) is 9.37 Å². The SMILES string of the molecule is COc1cc(C(c2cc3cc(C#N)ccc3nc2OC)c2cccc(C)c2F)cc(OC)n1. The van der Waals surface area contributed by atoms with Crippen molar-refractivity contribution in [3.8, 4) is 23.7 Å². The van der Waals surface area contributed by atoms with E-state index in [0.717, 1.165) is 5.39 Å². The number of pyridine rings is 2. The van der Waals surface area contributed by atoms with Gasteiger partial charge in [0.05, 0.1) is 38.5 Å². The first kappa shape index (κ1) is 22.0. The van der Waals surface area contributed by atoms with Gasteiger partial charge < -0.3 is 14.2 Å². The van der Waals surface area contributed by atoms with Gasteiger partial charge in [-0.05, 0) is 42.3 Å². The smallest absolute Gasteiger partial charge is 0.217 e. The molecule has 7 heteroatoms. The Labute approximate surface area is 191 Å². The highest BCUT2D eigenvalue weighted by Crippen LogP contribution is 2.41. The van der Waals surface area contributed by atoms with Crippen LogP contribution < -0.4 is 14.2 Å². The lowest BCUT2D eigenvalue weighted by Gasteiger charge is -2.23. The predicted molar refractivity (Wildman–Crippen MR) is 122 cm³/mol. The van der Waals surface area contributed by atoms with E-state index in [-0.39, 0.29) is 5.82 Å². The molecule has 4 aromatic rings. The molecule has 2 aromatic heterocycles. The van der Waals surface area contributed by atoms with E-state index in [0.29, 0.717) is 51.0 Å². The van der Waals surface area contributed by atoms with Gasteiger partial charge in [0.15, 0.2) is 0 Å². The fourth-order valence-electron chi connectivity index (χ4n) is 3.91. The van der Waals surface area contributed by atoms with E-state index in [2.05, 4.69) is 16.0 Å². The number of aromatic nitrogens is 2. The minimum absolute atomic E-state index is 0.329. The maximum Gasteiger partial charge on any atom is 0.217 e. The molecule has 2 heterocycles. The van der Waals surface area contributed by atoms with Gasteiger partial charge in [0.25, 0.3) is 0 Å². The second kappa shape index (κ2) is 9.13. The first-order chi connectivity index (χ1) is 16.0. The maximum absolute atomic E-state index is 15.5. The molecule has 0 radical (unpaired) electrons. The fourth-order valence-corrected chi connectivity index (χ4v) is 3.91. The Balaban J connectivity index is 2.06. The fraction of sp³-hybridized carbons (Fsp3) is 0.192. The molecule has 1 unspecified atom stereocenters. The van der Waals surface area contributed by atoms with Crippen molar-refractivity contribution in [2.24, 2.45) is 0 Å². The molecule has 166 valence electrons. The molecule has 6 nitrogen and oxygen atoms in total. The molecule has 0 saturated carbocycles. The molecular formula is C26H22FN3O3. The Morgan fingerprint density at radius 2 is 1.61 bits per heavy atom. The number of halogens is 1. The maximum atomic E-state index is 15.5. The van der Waals surface area contributed by atoms with E-state index in [1.54, 1.807) is 49.4 Å². The first-order valence-electron chi connectivity index (χ1n) is 10.2. The summed E-state index contributed by atoms with van der Waals surface area (Å²) in [6.45, 7) is 1.72. The van der Waals surface area contributed by atoms with Gasteiger partial charge in [-0.15, -0.1) is 0 Å². The zero-order valence-corrected chi connectivity index (χ0v) is 18.7. The number of benzene rings is 2. The molecule has 2 aromatic carbocycles. The normalized spacial score (nSPS) is 11.6. The largest absolute Gasteiger partial charge is 0.481 e. The van der Waals surface area contributed by atoms with Crippen LogP contribution in [0.15, 0.2) is 54.6 Å². The summed E-state index contributed by atoms with van der Waals surface area (Å²) in [4.78, 5) is 8.92. The average molecular weight is 443 g/mol. The van der Waals surface area contributed by atoms with Crippen molar-refractivity contribution in [1.29, 1.82) is 5.26 Å². The number of aryl methyl sites for hydroxylation is 1. The summed E-state index contributed by atoms with van der Waals surface area (Å²) in [5.74, 6) is 0.0927. The van der Waals surface area contributed by atoms with Crippen LogP contribution in [0.3, 0.4) is 0 Å². The van der Waals surface area contributed by atoms with Crippen molar-refractivity contribution in [3.05, 3.63) is 88.2 Å². The lowest BCUT2D eigenvalue weighted by Crippen LogP contribution is -2.10. The number of hydrogen-bond donors (Lipinski definition) is 0. The van der Waals surface area contributed by atoms with E-state index in [9.17, 15) is 5.26 Å². The quantitative estimate of drug-likeness (QED) is 0.410. The predicted octanol–water partition coefficient (Wildman–Crippen LogP) is 5.16.